The van der Waals surface area contributed by atoms with Gasteiger partial charge in [0.2, 0.25) is 0 Å². The lowest BCUT2D eigenvalue weighted by Gasteiger charge is -2.05. The molecule has 0 aliphatic heterocycles. The molecule has 0 unspecified atom stereocenters. The van der Waals surface area contributed by atoms with Gasteiger partial charge in [0.05, 0.1) is 11.4 Å². The number of hydrogen-bond acceptors (Lipinski definition) is 2. The van der Waals surface area contributed by atoms with Crippen LogP contribution in [0.2, 0.25) is 0 Å². The maximum Gasteiger partial charge on any atom is 0.117 e. The summed E-state index contributed by atoms with van der Waals surface area (Å²) in [6.45, 7) is 4.20. The Labute approximate surface area is 95.3 Å². The number of nitrogens with zero attached hydrogens (tertiary/aromatic N) is 2. The van der Waals surface area contributed by atoms with E-state index in [1.165, 1.54) is 5.69 Å². The van der Waals surface area contributed by atoms with Crippen LogP contribution in [0, 0.1) is 0 Å². The Hall–Kier alpha value is -1.77. The van der Waals surface area contributed by atoms with E-state index in [2.05, 4.69) is 25.0 Å². The third-order valence-electron chi connectivity index (χ3n) is 2.63. The molecule has 0 spiro atoms. The van der Waals surface area contributed by atoms with Gasteiger partial charge < -0.3 is 5.11 Å². The van der Waals surface area contributed by atoms with Crippen LogP contribution in [0.1, 0.15) is 25.2 Å². The first-order chi connectivity index (χ1) is 7.74. The summed E-state index contributed by atoms with van der Waals surface area (Å²) in [7, 11) is 0. The molecule has 2 rings (SSSR count). The van der Waals surface area contributed by atoms with Crippen molar-refractivity contribution in [2.75, 3.05) is 0 Å². The summed E-state index contributed by atoms with van der Waals surface area (Å²) >= 11 is 0. The lowest BCUT2D eigenvalue weighted by molar-refractivity contribution is 0.474. The number of phenolic OH excluding ortho intramolecular Hbond substituents is 1. The maximum atomic E-state index is 9.46. The molecule has 0 saturated heterocycles. The number of rotatable bonds is 3. The zero-order chi connectivity index (χ0) is 11.5. The fourth-order valence-corrected chi connectivity index (χ4v) is 1.75. The van der Waals surface area contributed by atoms with E-state index >= 15 is 0 Å². The Bertz CT molecular complexity index is 488. The van der Waals surface area contributed by atoms with Crippen LogP contribution >= 0.6 is 0 Å². The Morgan fingerprint density at radius 3 is 2.62 bits per heavy atom. The Morgan fingerprint density at radius 2 is 2.00 bits per heavy atom. The Kier molecular flexibility index (Phi) is 2.95. The Balaban J connectivity index is 2.50. The summed E-state index contributed by atoms with van der Waals surface area (Å²) in [5.74, 6) is 0.271. The number of phenols is 1. The van der Waals surface area contributed by atoms with E-state index in [9.17, 15) is 5.11 Å². The van der Waals surface area contributed by atoms with E-state index in [-0.39, 0.29) is 5.75 Å². The van der Waals surface area contributed by atoms with Crippen LogP contribution in [0.4, 0.5) is 0 Å². The predicted molar refractivity (Wildman–Crippen MR) is 64.0 cm³/mol. The number of aryl methyl sites for hydroxylation is 2. The highest BCUT2D eigenvalue weighted by atomic mass is 16.3. The predicted octanol–water partition coefficient (Wildman–Crippen LogP) is 2.70. The second-order valence-corrected chi connectivity index (χ2v) is 3.77. The van der Waals surface area contributed by atoms with Crippen molar-refractivity contribution < 1.29 is 5.11 Å². The first-order valence-electron chi connectivity index (χ1n) is 5.61. The number of aromatic nitrogens is 2. The first-order valence-corrected chi connectivity index (χ1v) is 5.61. The van der Waals surface area contributed by atoms with E-state index in [0.717, 1.165) is 24.2 Å². The van der Waals surface area contributed by atoms with E-state index in [1.807, 2.05) is 16.8 Å². The SMILES string of the molecule is CCc1cc(CC)n(-c2cccc(O)c2)n1. The summed E-state index contributed by atoms with van der Waals surface area (Å²) in [4.78, 5) is 0. The summed E-state index contributed by atoms with van der Waals surface area (Å²) in [5.41, 5.74) is 3.17. The van der Waals surface area contributed by atoms with Gasteiger partial charge in [-0.25, -0.2) is 4.68 Å². The Morgan fingerprint density at radius 1 is 1.19 bits per heavy atom. The second kappa shape index (κ2) is 4.39. The quantitative estimate of drug-likeness (QED) is 0.856. The minimum atomic E-state index is 0.271. The van der Waals surface area contributed by atoms with Crippen LogP contribution in [-0.2, 0) is 12.8 Å². The van der Waals surface area contributed by atoms with Gasteiger partial charge in [-0.1, -0.05) is 19.9 Å². The topological polar surface area (TPSA) is 38.0 Å². The molecule has 1 N–H and O–H groups in total. The average Bonchev–Trinajstić information content (AvgIpc) is 2.72. The lowest BCUT2D eigenvalue weighted by atomic mass is 10.2. The monoisotopic (exact) mass is 216 g/mol. The molecule has 1 aromatic heterocycles. The van der Waals surface area contributed by atoms with Gasteiger partial charge in [-0.2, -0.15) is 5.10 Å². The van der Waals surface area contributed by atoms with Crippen LogP contribution in [0.25, 0.3) is 5.69 Å². The van der Waals surface area contributed by atoms with E-state index in [1.54, 1.807) is 12.1 Å². The van der Waals surface area contributed by atoms with Gasteiger partial charge in [0.1, 0.15) is 5.75 Å². The van der Waals surface area contributed by atoms with E-state index < -0.39 is 0 Å². The molecule has 0 amide bonds. The second-order valence-electron chi connectivity index (χ2n) is 3.77. The van der Waals surface area contributed by atoms with Gasteiger partial charge in [-0.15, -0.1) is 0 Å². The fourth-order valence-electron chi connectivity index (χ4n) is 1.75. The summed E-state index contributed by atoms with van der Waals surface area (Å²) in [6, 6.07) is 9.29. The van der Waals surface area contributed by atoms with Crippen LogP contribution in [0.3, 0.4) is 0 Å². The van der Waals surface area contributed by atoms with Crippen LogP contribution < -0.4 is 0 Å². The smallest absolute Gasteiger partial charge is 0.117 e. The van der Waals surface area contributed by atoms with Crippen molar-refractivity contribution in [1.82, 2.24) is 9.78 Å². The maximum absolute atomic E-state index is 9.46. The van der Waals surface area contributed by atoms with Gasteiger partial charge in [0.25, 0.3) is 0 Å². The molecule has 1 heterocycles. The number of benzene rings is 1. The molecule has 16 heavy (non-hydrogen) atoms. The number of aromatic hydroxyl groups is 1. The summed E-state index contributed by atoms with van der Waals surface area (Å²) in [6.07, 6.45) is 1.86. The van der Waals surface area contributed by atoms with Crippen molar-refractivity contribution in [3.05, 3.63) is 41.7 Å². The minimum absolute atomic E-state index is 0.271. The molecule has 3 heteroatoms. The number of hydrogen-bond donors (Lipinski definition) is 1. The van der Waals surface area contributed by atoms with Crippen LogP contribution in [-0.4, -0.2) is 14.9 Å². The molecule has 0 fully saturated rings. The summed E-state index contributed by atoms with van der Waals surface area (Å²) < 4.78 is 1.90. The highest BCUT2D eigenvalue weighted by Crippen LogP contribution is 2.18. The normalized spacial score (nSPS) is 10.6. The molecule has 3 nitrogen and oxygen atoms in total. The lowest BCUT2D eigenvalue weighted by Crippen LogP contribution is -2.01. The fraction of sp³-hybridized carbons (Fsp3) is 0.308. The molecular formula is C13H16N2O. The summed E-state index contributed by atoms with van der Waals surface area (Å²) in [5, 5.41) is 14.0. The van der Waals surface area contributed by atoms with Crippen LogP contribution in [0.5, 0.6) is 5.75 Å². The van der Waals surface area contributed by atoms with Crippen molar-refractivity contribution in [2.45, 2.75) is 26.7 Å². The average molecular weight is 216 g/mol. The van der Waals surface area contributed by atoms with Gasteiger partial charge in [-0.05, 0) is 31.0 Å². The van der Waals surface area contributed by atoms with Crippen molar-refractivity contribution >= 4 is 0 Å². The molecule has 0 aliphatic rings. The highest BCUT2D eigenvalue weighted by molar-refractivity contribution is 5.39. The molecule has 2 aromatic rings. The minimum Gasteiger partial charge on any atom is -0.508 e. The van der Waals surface area contributed by atoms with Gasteiger partial charge in [-0.3, -0.25) is 0 Å². The van der Waals surface area contributed by atoms with Crippen LogP contribution in [0.15, 0.2) is 30.3 Å². The first kappa shape index (κ1) is 10.7. The van der Waals surface area contributed by atoms with Gasteiger partial charge in [0.15, 0.2) is 0 Å². The largest absolute Gasteiger partial charge is 0.508 e. The van der Waals surface area contributed by atoms with E-state index in [0.29, 0.717) is 0 Å². The van der Waals surface area contributed by atoms with Gasteiger partial charge in [0, 0.05) is 11.8 Å². The molecule has 0 radical (unpaired) electrons. The molecule has 0 atom stereocenters. The molecular weight excluding hydrogens is 200 g/mol. The highest BCUT2D eigenvalue weighted by Gasteiger charge is 2.07. The standard InChI is InChI=1S/C13H16N2O/c1-3-10-8-11(4-2)15(14-10)12-6-5-7-13(16)9-12/h5-9,16H,3-4H2,1-2H3. The van der Waals surface area contributed by atoms with Gasteiger partial charge >= 0.3 is 0 Å². The third-order valence-corrected chi connectivity index (χ3v) is 2.63. The molecule has 0 aliphatic carbocycles. The third kappa shape index (κ3) is 1.94. The zero-order valence-electron chi connectivity index (χ0n) is 9.64. The molecule has 84 valence electrons. The van der Waals surface area contributed by atoms with Crippen molar-refractivity contribution in [2.24, 2.45) is 0 Å². The van der Waals surface area contributed by atoms with Crippen molar-refractivity contribution in [1.29, 1.82) is 0 Å². The molecule has 0 bridgehead atoms. The zero-order valence-corrected chi connectivity index (χ0v) is 9.64. The molecule has 1 aromatic carbocycles. The van der Waals surface area contributed by atoms with E-state index in [4.69, 9.17) is 0 Å². The van der Waals surface area contributed by atoms with Crippen molar-refractivity contribution in [3.8, 4) is 11.4 Å². The molecule has 0 saturated carbocycles. The van der Waals surface area contributed by atoms with Crippen molar-refractivity contribution in [3.63, 3.8) is 0 Å².